The van der Waals surface area contributed by atoms with Crippen molar-refractivity contribution in [2.45, 2.75) is 6.42 Å². The van der Waals surface area contributed by atoms with Crippen molar-refractivity contribution >= 4 is 27.7 Å². The second kappa shape index (κ2) is 11.0. The molecule has 0 aliphatic heterocycles. The van der Waals surface area contributed by atoms with Crippen molar-refractivity contribution in [1.29, 1.82) is 0 Å². The predicted octanol–water partition coefficient (Wildman–Crippen LogP) is 3.91. The smallest absolute Gasteiger partial charge is 0.276 e. The van der Waals surface area contributed by atoms with Crippen LogP contribution in [-0.4, -0.2) is 25.0 Å². The van der Waals surface area contributed by atoms with Crippen molar-refractivity contribution in [1.82, 2.24) is 10.9 Å². The van der Waals surface area contributed by atoms with Gasteiger partial charge in [-0.25, -0.2) is 0 Å². The van der Waals surface area contributed by atoms with E-state index < -0.39 is 11.8 Å². The summed E-state index contributed by atoms with van der Waals surface area (Å²) in [6.45, 7) is 0.333. The molecule has 3 rings (SSSR count). The lowest BCUT2D eigenvalue weighted by molar-refractivity contribution is -0.123. The third-order valence-electron chi connectivity index (χ3n) is 4.12. The molecule has 2 amide bonds. The zero-order valence-corrected chi connectivity index (χ0v) is 17.7. The summed E-state index contributed by atoms with van der Waals surface area (Å²) in [7, 11) is 0. The topological polar surface area (TPSA) is 76.7 Å². The molecule has 0 aliphatic rings. The van der Waals surface area contributed by atoms with Crippen LogP contribution in [0.3, 0.4) is 0 Å². The summed E-state index contributed by atoms with van der Waals surface area (Å²) in [5.74, 6) is 0.340. The fourth-order valence-electron chi connectivity index (χ4n) is 2.55. The van der Waals surface area contributed by atoms with Crippen LogP contribution in [0.5, 0.6) is 11.5 Å². The second-order valence-corrected chi connectivity index (χ2v) is 7.27. The molecule has 6 nitrogen and oxygen atoms in total. The third-order valence-corrected chi connectivity index (χ3v) is 4.65. The van der Waals surface area contributed by atoms with Gasteiger partial charge in [-0.1, -0.05) is 46.3 Å². The van der Waals surface area contributed by atoms with Gasteiger partial charge in [-0.2, -0.15) is 0 Å². The summed E-state index contributed by atoms with van der Waals surface area (Å²) in [6, 6.07) is 23.9. The first-order valence-corrected chi connectivity index (χ1v) is 10.1. The molecule has 0 atom stereocenters. The number of benzene rings is 3. The summed E-state index contributed by atoms with van der Waals surface area (Å²) in [4.78, 5) is 24.0. The molecule has 0 saturated carbocycles. The Morgan fingerprint density at radius 2 is 1.40 bits per heavy atom. The van der Waals surface area contributed by atoms with Gasteiger partial charge in [0.2, 0.25) is 0 Å². The van der Waals surface area contributed by atoms with Gasteiger partial charge in [0.15, 0.2) is 6.61 Å². The zero-order chi connectivity index (χ0) is 21.2. The van der Waals surface area contributed by atoms with E-state index in [9.17, 15) is 9.59 Å². The maximum atomic E-state index is 12.2. The van der Waals surface area contributed by atoms with E-state index in [1.807, 2.05) is 30.3 Å². The highest BCUT2D eigenvalue weighted by Crippen LogP contribution is 2.16. The molecule has 7 heteroatoms. The fraction of sp³-hybridized carbons (Fsp3) is 0.130. The van der Waals surface area contributed by atoms with E-state index in [1.165, 1.54) is 5.56 Å². The molecular formula is C23H21BrN2O4. The summed E-state index contributed by atoms with van der Waals surface area (Å²) < 4.78 is 12.0. The van der Waals surface area contributed by atoms with Crippen LogP contribution in [0.15, 0.2) is 83.3 Å². The van der Waals surface area contributed by atoms with Crippen molar-refractivity contribution in [3.05, 3.63) is 94.5 Å². The molecule has 0 spiro atoms. The highest BCUT2D eigenvalue weighted by molar-refractivity contribution is 9.10. The normalized spacial score (nSPS) is 10.2. The first kappa shape index (κ1) is 21.4. The highest BCUT2D eigenvalue weighted by atomic mass is 79.9. The fourth-order valence-corrected chi connectivity index (χ4v) is 2.81. The third kappa shape index (κ3) is 6.93. The Morgan fingerprint density at radius 1 is 0.767 bits per heavy atom. The monoisotopic (exact) mass is 468 g/mol. The van der Waals surface area contributed by atoms with Crippen LogP contribution in [0.25, 0.3) is 0 Å². The molecule has 30 heavy (non-hydrogen) atoms. The minimum Gasteiger partial charge on any atom is -0.493 e. The Kier molecular flexibility index (Phi) is 7.86. The number of carbonyl (C=O) groups is 2. The number of ether oxygens (including phenoxy) is 2. The van der Waals surface area contributed by atoms with Crippen molar-refractivity contribution < 1.29 is 19.1 Å². The number of amides is 2. The molecule has 3 aromatic carbocycles. The van der Waals surface area contributed by atoms with Gasteiger partial charge in [-0.3, -0.25) is 20.4 Å². The number of carbonyl (C=O) groups excluding carboxylic acids is 2. The molecule has 3 aromatic rings. The Morgan fingerprint density at radius 3 is 2.10 bits per heavy atom. The number of rotatable bonds is 8. The standard InChI is InChI=1S/C23H21BrN2O4/c24-19-8-12-21(13-9-19)30-16-22(27)25-26-23(28)18-6-10-20(11-7-18)29-15-14-17-4-2-1-3-5-17/h1-13H,14-16H2,(H,25,27)(H,26,28). The Bertz CT molecular complexity index is 961. The number of hydrogen-bond acceptors (Lipinski definition) is 4. The van der Waals surface area contributed by atoms with Crippen molar-refractivity contribution in [3.8, 4) is 11.5 Å². The van der Waals surface area contributed by atoms with Crippen molar-refractivity contribution in [2.75, 3.05) is 13.2 Å². The molecule has 0 saturated heterocycles. The van der Waals surface area contributed by atoms with Gasteiger partial charge in [-0.05, 0) is 54.1 Å². The summed E-state index contributed by atoms with van der Waals surface area (Å²) in [6.07, 6.45) is 0.803. The van der Waals surface area contributed by atoms with Gasteiger partial charge in [0, 0.05) is 16.5 Å². The average Bonchev–Trinajstić information content (AvgIpc) is 2.78. The maximum Gasteiger partial charge on any atom is 0.276 e. The van der Waals surface area contributed by atoms with E-state index in [-0.39, 0.29) is 6.61 Å². The SMILES string of the molecule is O=C(COc1ccc(Br)cc1)NNC(=O)c1ccc(OCCc2ccccc2)cc1. The van der Waals surface area contributed by atoms with Crippen LogP contribution < -0.4 is 20.3 Å². The van der Waals surface area contributed by atoms with Gasteiger partial charge in [0.1, 0.15) is 11.5 Å². The van der Waals surface area contributed by atoms with Crippen LogP contribution in [0.2, 0.25) is 0 Å². The van der Waals surface area contributed by atoms with E-state index in [0.29, 0.717) is 23.7 Å². The maximum absolute atomic E-state index is 12.2. The molecule has 0 aromatic heterocycles. The Balaban J connectivity index is 1.38. The predicted molar refractivity (Wildman–Crippen MR) is 117 cm³/mol. The summed E-state index contributed by atoms with van der Waals surface area (Å²) >= 11 is 3.32. The lowest BCUT2D eigenvalue weighted by Gasteiger charge is -2.10. The molecule has 0 aliphatic carbocycles. The van der Waals surface area contributed by atoms with E-state index in [2.05, 4.69) is 38.9 Å². The minimum atomic E-state index is -0.466. The lowest BCUT2D eigenvalue weighted by Crippen LogP contribution is -2.43. The van der Waals surface area contributed by atoms with Gasteiger partial charge >= 0.3 is 0 Å². The molecule has 0 unspecified atom stereocenters. The van der Waals surface area contributed by atoms with Crippen LogP contribution in [0.1, 0.15) is 15.9 Å². The first-order valence-electron chi connectivity index (χ1n) is 9.34. The van der Waals surface area contributed by atoms with Crippen LogP contribution in [0.4, 0.5) is 0 Å². The molecule has 2 N–H and O–H groups in total. The first-order chi connectivity index (χ1) is 14.6. The molecule has 0 radical (unpaired) electrons. The summed E-state index contributed by atoms with van der Waals surface area (Å²) in [5.41, 5.74) is 6.29. The average molecular weight is 469 g/mol. The Hall–Kier alpha value is -3.32. The van der Waals surface area contributed by atoms with Crippen molar-refractivity contribution in [3.63, 3.8) is 0 Å². The lowest BCUT2D eigenvalue weighted by atomic mass is 10.2. The molecule has 0 fully saturated rings. The number of nitrogens with one attached hydrogen (secondary N) is 2. The van der Waals surface area contributed by atoms with Gasteiger partial charge in [-0.15, -0.1) is 0 Å². The van der Waals surface area contributed by atoms with E-state index in [0.717, 1.165) is 10.9 Å². The van der Waals surface area contributed by atoms with Crippen LogP contribution in [-0.2, 0) is 11.2 Å². The van der Waals surface area contributed by atoms with Crippen LogP contribution >= 0.6 is 15.9 Å². The molecule has 0 bridgehead atoms. The van der Waals surface area contributed by atoms with Gasteiger partial charge in [0.05, 0.1) is 6.61 Å². The number of hydrazine groups is 1. The molecule has 154 valence electrons. The Labute approximate surface area is 183 Å². The minimum absolute atomic E-state index is 0.212. The van der Waals surface area contributed by atoms with E-state index in [4.69, 9.17) is 9.47 Å². The van der Waals surface area contributed by atoms with Crippen LogP contribution in [0, 0.1) is 0 Å². The quantitative estimate of drug-likeness (QED) is 0.491. The van der Waals surface area contributed by atoms with E-state index >= 15 is 0 Å². The second-order valence-electron chi connectivity index (χ2n) is 6.35. The number of hydrogen-bond donors (Lipinski definition) is 2. The van der Waals surface area contributed by atoms with E-state index in [1.54, 1.807) is 36.4 Å². The highest BCUT2D eigenvalue weighted by Gasteiger charge is 2.08. The molecule has 0 heterocycles. The van der Waals surface area contributed by atoms with Gasteiger partial charge in [0.25, 0.3) is 11.8 Å². The number of halogens is 1. The largest absolute Gasteiger partial charge is 0.493 e. The summed E-state index contributed by atoms with van der Waals surface area (Å²) in [5, 5.41) is 0. The van der Waals surface area contributed by atoms with Crippen molar-refractivity contribution in [2.24, 2.45) is 0 Å². The van der Waals surface area contributed by atoms with Gasteiger partial charge < -0.3 is 9.47 Å². The molecular weight excluding hydrogens is 448 g/mol. The zero-order valence-electron chi connectivity index (χ0n) is 16.1.